The number of aryl methyl sites for hydroxylation is 1. The minimum atomic E-state index is 0.434. The van der Waals surface area contributed by atoms with Crippen molar-refractivity contribution >= 4 is 58.0 Å². The van der Waals surface area contributed by atoms with E-state index in [1.807, 2.05) is 78.4 Å². The molecular weight excluding hydrogens is 673 g/mol. The number of aromatic nitrogens is 4. The smallest absolute Gasteiger partial charge is 0.223 e. The molecular formula is C39H36N10S2. The second-order valence-electron chi connectivity index (χ2n) is 12.4. The van der Waals surface area contributed by atoms with Crippen LogP contribution in [0.5, 0.6) is 0 Å². The molecule has 12 heteroatoms. The lowest BCUT2D eigenvalue weighted by molar-refractivity contribution is 0.743. The van der Waals surface area contributed by atoms with Crippen molar-refractivity contribution in [1.29, 1.82) is 10.5 Å². The fraction of sp³-hybridized carbons (Fsp3) is 0.231. The molecule has 0 saturated heterocycles. The third-order valence-electron chi connectivity index (χ3n) is 8.65. The summed E-state index contributed by atoms with van der Waals surface area (Å²) in [6.07, 6.45) is 10.6. The van der Waals surface area contributed by atoms with Crippen LogP contribution in [0.3, 0.4) is 0 Å². The van der Waals surface area contributed by atoms with Crippen molar-refractivity contribution in [2.45, 2.75) is 57.5 Å². The molecule has 0 unspecified atom stereocenters. The van der Waals surface area contributed by atoms with Crippen molar-refractivity contribution in [1.82, 2.24) is 30.6 Å². The molecule has 4 aliphatic rings. The predicted octanol–water partition coefficient (Wildman–Crippen LogP) is 8.24. The van der Waals surface area contributed by atoms with Crippen molar-refractivity contribution in [2.24, 2.45) is 0 Å². The zero-order chi connectivity index (χ0) is 35.0. The van der Waals surface area contributed by atoms with E-state index in [2.05, 4.69) is 53.3 Å². The van der Waals surface area contributed by atoms with Crippen LogP contribution >= 0.6 is 23.5 Å². The van der Waals surface area contributed by atoms with Crippen LogP contribution in [0.15, 0.2) is 100.0 Å². The maximum Gasteiger partial charge on any atom is 0.223 e. The highest BCUT2D eigenvalue weighted by Crippen LogP contribution is 2.36. The Morgan fingerprint density at radius 1 is 0.706 bits per heavy atom. The van der Waals surface area contributed by atoms with E-state index in [0.717, 1.165) is 63.8 Å². The average Bonchev–Trinajstić information content (AvgIpc) is 3.52. The molecule has 51 heavy (non-hydrogen) atoms. The van der Waals surface area contributed by atoms with Gasteiger partial charge in [0.25, 0.3) is 0 Å². The molecule has 4 N–H and O–H groups in total. The molecule has 2 aliphatic carbocycles. The molecule has 4 heterocycles. The molecule has 8 rings (SSSR count). The molecule has 2 aromatic carbocycles. The third kappa shape index (κ3) is 8.43. The molecule has 0 atom stereocenters. The highest BCUT2D eigenvalue weighted by atomic mass is 32.2. The highest BCUT2D eigenvalue weighted by molar-refractivity contribution is 8.06. The van der Waals surface area contributed by atoms with Gasteiger partial charge in [-0.05, 0) is 55.4 Å². The Balaban J connectivity index is 0.000000160. The number of allylic oxidation sites excluding steroid dienone is 2. The Morgan fingerprint density at radius 3 is 1.82 bits per heavy atom. The molecule has 2 fully saturated rings. The second kappa shape index (κ2) is 16.0. The summed E-state index contributed by atoms with van der Waals surface area (Å²) in [5.74, 6) is 1.19. The Bertz CT molecular complexity index is 2100. The summed E-state index contributed by atoms with van der Waals surface area (Å²) >= 11 is 3.03. The summed E-state index contributed by atoms with van der Waals surface area (Å²) in [5.41, 5.74) is 7.48. The summed E-state index contributed by atoms with van der Waals surface area (Å²) in [5, 5.41) is 38.5. The lowest BCUT2D eigenvalue weighted by Crippen LogP contribution is -2.17. The maximum atomic E-state index is 9.83. The predicted molar refractivity (Wildman–Crippen MR) is 207 cm³/mol. The molecule has 10 nitrogen and oxygen atoms in total. The number of hydrogen-bond donors (Lipinski definition) is 4. The van der Waals surface area contributed by atoms with E-state index in [-0.39, 0.29) is 0 Å². The largest absolute Gasteiger partial charge is 0.351 e. The van der Waals surface area contributed by atoms with Crippen LogP contribution in [0.4, 0.5) is 11.9 Å². The number of rotatable bonds is 8. The summed E-state index contributed by atoms with van der Waals surface area (Å²) in [4.78, 5) is 17.8. The Kier molecular flexibility index (Phi) is 10.6. The first-order valence-electron chi connectivity index (χ1n) is 17.0. The minimum absolute atomic E-state index is 0.434. The number of benzene rings is 2. The van der Waals surface area contributed by atoms with Gasteiger partial charge in [-0.25, -0.2) is 19.9 Å². The van der Waals surface area contributed by atoms with Gasteiger partial charge in [-0.15, -0.1) is 0 Å². The Hall–Kier alpha value is -5.56. The SMILES string of the molecule is Cc1cnc(NC2CCCC2)nc1C(C#N)=C1NC(c2ccccc2)=CS1.N#CC(=C1NC(c2ccccc2)=CS1)c1ccnc(NC2CC2)n1. The van der Waals surface area contributed by atoms with Crippen LogP contribution in [0, 0.1) is 29.6 Å². The Morgan fingerprint density at radius 2 is 1.25 bits per heavy atom. The van der Waals surface area contributed by atoms with Crippen LogP contribution in [0.2, 0.25) is 0 Å². The first kappa shape index (κ1) is 33.9. The van der Waals surface area contributed by atoms with E-state index >= 15 is 0 Å². The maximum absolute atomic E-state index is 9.83. The van der Waals surface area contributed by atoms with E-state index in [4.69, 9.17) is 0 Å². The fourth-order valence-electron chi connectivity index (χ4n) is 5.79. The monoisotopic (exact) mass is 708 g/mol. The van der Waals surface area contributed by atoms with E-state index in [1.165, 1.54) is 36.4 Å². The first-order chi connectivity index (χ1) is 25.1. The quantitative estimate of drug-likeness (QED) is 0.131. The minimum Gasteiger partial charge on any atom is -0.351 e. The van der Waals surface area contributed by atoms with Crippen molar-refractivity contribution in [2.75, 3.05) is 10.6 Å². The van der Waals surface area contributed by atoms with Gasteiger partial charge in [0, 0.05) is 35.3 Å². The van der Waals surface area contributed by atoms with Crippen LogP contribution in [-0.4, -0.2) is 32.0 Å². The number of hydrogen-bond acceptors (Lipinski definition) is 12. The van der Waals surface area contributed by atoms with E-state index in [1.54, 1.807) is 18.5 Å². The molecule has 2 aliphatic heterocycles. The van der Waals surface area contributed by atoms with E-state index in [0.29, 0.717) is 46.5 Å². The lowest BCUT2D eigenvalue weighted by Gasteiger charge is -2.14. The van der Waals surface area contributed by atoms with Crippen molar-refractivity contribution < 1.29 is 0 Å². The summed E-state index contributed by atoms with van der Waals surface area (Å²) < 4.78 is 0. The summed E-state index contributed by atoms with van der Waals surface area (Å²) in [6, 6.07) is 27.4. The van der Waals surface area contributed by atoms with Gasteiger partial charge in [-0.2, -0.15) is 10.5 Å². The zero-order valence-corrected chi connectivity index (χ0v) is 29.7. The molecule has 0 radical (unpaired) electrons. The highest BCUT2D eigenvalue weighted by Gasteiger charge is 2.24. The molecule has 2 aromatic heterocycles. The van der Waals surface area contributed by atoms with Crippen LogP contribution in [0.25, 0.3) is 22.5 Å². The third-order valence-corrected chi connectivity index (χ3v) is 10.4. The van der Waals surface area contributed by atoms with Gasteiger partial charge < -0.3 is 21.3 Å². The van der Waals surface area contributed by atoms with Gasteiger partial charge in [0.15, 0.2) is 0 Å². The number of thioether (sulfide) groups is 2. The fourth-order valence-corrected chi connectivity index (χ4v) is 7.52. The Labute approximate surface area is 306 Å². The van der Waals surface area contributed by atoms with E-state index in [9.17, 15) is 10.5 Å². The molecule has 0 spiro atoms. The van der Waals surface area contributed by atoms with Gasteiger partial charge in [-0.1, -0.05) is 97.0 Å². The summed E-state index contributed by atoms with van der Waals surface area (Å²) in [7, 11) is 0. The van der Waals surface area contributed by atoms with E-state index < -0.39 is 0 Å². The van der Waals surface area contributed by atoms with Gasteiger partial charge in [0.05, 0.1) is 32.8 Å². The molecule has 254 valence electrons. The number of nitriles is 2. The number of anilines is 2. The van der Waals surface area contributed by atoms with Crippen LogP contribution < -0.4 is 21.3 Å². The number of nitrogens with zero attached hydrogens (tertiary/aromatic N) is 6. The number of nitrogens with one attached hydrogen (secondary N) is 4. The second-order valence-corrected chi connectivity index (χ2v) is 14.2. The molecule has 0 bridgehead atoms. The van der Waals surface area contributed by atoms with Crippen molar-refractivity contribution in [3.8, 4) is 12.1 Å². The summed E-state index contributed by atoms with van der Waals surface area (Å²) in [6.45, 7) is 1.94. The zero-order valence-electron chi connectivity index (χ0n) is 28.1. The van der Waals surface area contributed by atoms with Crippen molar-refractivity contribution in [3.63, 3.8) is 0 Å². The first-order valence-corrected chi connectivity index (χ1v) is 18.7. The van der Waals surface area contributed by atoms with Crippen molar-refractivity contribution in [3.05, 3.63) is 128 Å². The van der Waals surface area contributed by atoms with Gasteiger partial charge in [0.2, 0.25) is 11.9 Å². The van der Waals surface area contributed by atoms with Gasteiger partial charge >= 0.3 is 0 Å². The standard InChI is InChI=1S/C21H21N5S.C18H15N5S/c1-14-12-23-21(24-16-9-5-6-10-16)26-19(14)17(11-22)20-25-18(13-27-20)15-7-3-2-4-8-15;19-10-14(15-8-9-20-18(23-15)21-13-6-7-13)17-22-16(11-24-17)12-4-2-1-3-5-12/h2-4,7-8,12-13,16,25H,5-6,9-10H2,1H3,(H,23,24,26);1-5,8-9,11,13,22H,6-7H2,(H,20,21,23). The lowest BCUT2D eigenvalue weighted by atomic mass is 10.1. The topological polar surface area (TPSA) is 147 Å². The van der Waals surface area contributed by atoms with Crippen LogP contribution in [-0.2, 0) is 0 Å². The van der Waals surface area contributed by atoms with Gasteiger partial charge in [0.1, 0.15) is 23.3 Å². The molecule has 4 aromatic rings. The normalized spacial score (nSPS) is 18.5. The molecule has 2 saturated carbocycles. The molecule has 0 amide bonds. The van der Waals surface area contributed by atoms with Gasteiger partial charge in [-0.3, -0.25) is 0 Å². The average molecular weight is 709 g/mol. The van der Waals surface area contributed by atoms with Crippen LogP contribution in [0.1, 0.15) is 66.6 Å².